The van der Waals surface area contributed by atoms with Crippen molar-refractivity contribution in [1.29, 1.82) is 0 Å². The lowest BCUT2D eigenvalue weighted by Gasteiger charge is -2.31. The van der Waals surface area contributed by atoms with Gasteiger partial charge in [-0.1, -0.05) is 41.7 Å². The van der Waals surface area contributed by atoms with Gasteiger partial charge in [0.1, 0.15) is 0 Å². The zero-order valence-electron chi connectivity index (χ0n) is 16.2. The maximum atomic E-state index is 13.0. The van der Waals surface area contributed by atoms with Gasteiger partial charge in [0.2, 0.25) is 10.0 Å². The second-order valence-electron chi connectivity index (χ2n) is 6.29. The SMILES string of the molecule is COC(=O)C[C@]1(C(=O)OC)SC(=Nc2ccccc2)NN1c1nc2ccccc2s1. The quantitative estimate of drug-likeness (QED) is 0.601. The highest BCUT2D eigenvalue weighted by Crippen LogP contribution is 2.44. The van der Waals surface area contributed by atoms with Gasteiger partial charge < -0.3 is 9.47 Å². The molecule has 0 spiro atoms. The van der Waals surface area contributed by atoms with E-state index in [-0.39, 0.29) is 6.42 Å². The Labute approximate surface area is 180 Å². The minimum absolute atomic E-state index is 0.252. The first kappa shape index (κ1) is 20.2. The topological polar surface area (TPSA) is 93.1 Å². The van der Waals surface area contributed by atoms with Gasteiger partial charge in [-0.05, 0) is 36.0 Å². The number of rotatable bonds is 5. The largest absolute Gasteiger partial charge is 0.469 e. The second-order valence-corrected chi connectivity index (χ2v) is 8.57. The van der Waals surface area contributed by atoms with Gasteiger partial charge in [-0.25, -0.2) is 19.8 Å². The first-order valence-corrected chi connectivity index (χ1v) is 10.6. The summed E-state index contributed by atoms with van der Waals surface area (Å²) >= 11 is 2.49. The highest BCUT2D eigenvalue weighted by Gasteiger charge is 2.56. The molecule has 0 amide bonds. The summed E-state index contributed by atoms with van der Waals surface area (Å²) in [4.78, 5) is 33.0. The lowest BCUT2D eigenvalue weighted by atomic mass is 10.2. The maximum absolute atomic E-state index is 13.0. The lowest BCUT2D eigenvalue weighted by molar-refractivity contribution is -0.150. The van der Waals surface area contributed by atoms with Crippen molar-refractivity contribution in [3.8, 4) is 0 Å². The highest BCUT2D eigenvalue weighted by molar-refractivity contribution is 8.16. The Morgan fingerprint density at radius 2 is 1.83 bits per heavy atom. The third-order valence-electron chi connectivity index (χ3n) is 4.41. The molecule has 0 radical (unpaired) electrons. The average molecular weight is 443 g/mol. The number of hydrogen-bond donors (Lipinski definition) is 1. The normalized spacial score (nSPS) is 19.7. The molecule has 0 aliphatic carbocycles. The van der Waals surface area contributed by atoms with Crippen molar-refractivity contribution in [2.24, 2.45) is 4.99 Å². The number of ether oxygens (including phenoxy) is 2. The number of para-hydroxylation sites is 2. The molecule has 1 aliphatic heterocycles. The van der Waals surface area contributed by atoms with E-state index >= 15 is 0 Å². The van der Waals surface area contributed by atoms with E-state index in [0.717, 1.165) is 22.0 Å². The number of nitrogens with zero attached hydrogens (tertiary/aromatic N) is 3. The lowest BCUT2D eigenvalue weighted by Crippen LogP contribution is -2.54. The number of carbonyl (C=O) groups excluding carboxylic acids is 2. The summed E-state index contributed by atoms with van der Waals surface area (Å²) in [7, 11) is 2.56. The van der Waals surface area contributed by atoms with Crippen molar-refractivity contribution >= 4 is 61.2 Å². The fraction of sp³-hybridized carbons (Fsp3) is 0.200. The number of thioether (sulfide) groups is 1. The van der Waals surface area contributed by atoms with Crippen LogP contribution in [0.4, 0.5) is 10.8 Å². The van der Waals surface area contributed by atoms with Gasteiger partial charge in [0.25, 0.3) is 0 Å². The fourth-order valence-electron chi connectivity index (χ4n) is 2.99. The molecule has 30 heavy (non-hydrogen) atoms. The average Bonchev–Trinajstić information content (AvgIpc) is 3.35. The summed E-state index contributed by atoms with van der Waals surface area (Å²) in [6.45, 7) is 0. The molecule has 2 aromatic carbocycles. The van der Waals surface area contributed by atoms with E-state index in [0.29, 0.717) is 16.0 Å². The van der Waals surface area contributed by atoms with E-state index in [9.17, 15) is 9.59 Å². The van der Waals surface area contributed by atoms with Gasteiger partial charge in [0, 0.05) is 0 Å². The molecule has 0 saturated carbocycles. The van der Waals surface area contributed by atoms with Crippen LogP contribution in [0.5, 0.6) is 0 Å². The number of esters is 2. The van der Waals surface area contributed by atoms with Crippen LogP contribution < -0.4 is 10.4 Å². The van der Waals surface area contributed by atoms with Crippen LogP contribution in [0.25, 0.3) is 10.2 Å². The van der Waals surface area contributed by atoms with E-state index in [2.05, 4.69) is 15.4 Å². The molecule has 8 nitrogen and oxygen atoms in total. The van der Waals surface area contributed by atoms with Crippen LogP contribution in [0.1, 0.15) is 6.42 Å². The van der Waals surface area contributed by atoms with Crippen molar-refractivity contribution in [3.05, 3.63) is 54.6 Å². The summed E-state index contributed by atoms with van der Waals surface area (Å²) in [5, 5.41) is 2.50. The number of aliphatic imine (C=N–C) groups is 1. The molecular weight excluding hydrogens is 424 g/mol. The minimum Gasteiger partial charge on any atom is -0.469 e. The molecule has 154 valence electrons. The van der Waals surface area contributed by atoms with Gasteiger partial charge in [-0.15, -0.1) is 0 Å². The zero-order valence-corrected chi connectivity index (χ0v) is 17.8. The number of nitrogens with one attached hydrogen (secondary N) is 1. The summed E-state index contributed by atoms with van der Waals surface area (Å²) in [5.41, 5.74) is 4.63. The molecule has 1 aliphatic rings. The summed E-state index contributed by atoms with van der Waals surface area (Å²) < 4.78 is 10.9. The number of hydrazine groups is 1. The van der Waals surface area contributed by atoms with Crippen molar-refractivity contribution < 1.29 is 19.1 Å². The van der Waals surface area contributed by atoms with Crippen molar-refractivity contribution in [1.82, 2.24) is 10.4 Å². The Morgan fingerprint density at radius 1 is 1.10 bits per heavy atom. The Kier molecular flexibility index (Phi) is 5.60. The number of fused-ring (bicyclic) bond motifs is 1. The third-order valence-corrected chi connectivity index (χ3v) is 6.64. The first-order chi connectivity index (χ1) is 14.6. The van der Waals surface area contributed by atoms with E-state index < -0.39 is 16.8 Å². The standard InChI is InChI=1S/C20H18N4O4S2/c1-27-16(25)12-20(17(26)28-2)24(19-22-14-10-6-7-11-15(14)29-19)23-18(30-20)21-13-8-4-3-5-9-13/h3-11H,12H2,1-2H3,(H,21,23)/t20-/m1/s1. The Morgan fingerprint density at radius 3 is 2.53 bits per heavy atom. The van der Waals surface area contributed by atoms with Gasteiger partial charge in [-0.3, -0.25) is 10.2 Å². The van der Waals surface area contributed by atoms with E-state index in [1.54, 1.807) is 5.01 Å². The van der Waals surface area contributed by atoms with Crippen LogP contribution in [0.2, 0.25) is 0 Å². The van der Waals surface area contributed by atoms with Crippen LogP contribution in [-0.2, 0) is 19.1 Å². The summed E-state index contributed by atoms with van der Waals surface area (Å²) in [6, 6.07) is 17.0. The number of hydrogen-bond acceptors (Lipinski definition) is 9. The molecule has 2 heterocycles. The van der Waals surface area contributed by atoms with Crippen LogP contribution in [-0.4, -0.2) is 41.2 Å². The van der Waals surface area contributed by atoms with E-state index in [1.807, 2.05) is 54.6 Å². The molecule has 3 aromatic rings. The number of aromatic nitrogens is 1. The van der Waals surface area contributed by atoms with Crippen molar-refractivity contribution in [3.63, 3.8) is 0 Å². The molecule has 0 bridgehead atoms. The molecule has 10 heteroatoms. The molecule has 1 saturated heterocycles. The van der Waals surface area contributed by atoms with Crippen LogP contribution in [0.3, 0.4) is 0 Å². The van der Waals surface area contributed by atoms with Gasteiger partial charge in [0.15, 0.2) is 5.17 Å². The molecule has 0 unspecified atom stereocenters. The molecule has 1 fully saturated rings. The molecule has 1 atom stereocenters. The smallest absolute Gasteiger partial charge is 0.345 e. The Bertz CT molecular complexity index is 1090. The van der Waals surface area contributed by atoms with Crippen LogP contribution in [0, 0.1) is 0 Å². The maximum Gasteiger partial charge on any atom is 0.345 e. The second kappa shape index (κ2) is 8.33. The summed E-state index contributed by atoms with van der Waals surface area (Å²) in [6.07, 6.45) is -0.252. The van der Waals surface area contributed by atoms with Gasteiger partial charge in [0.05, 0.1) is 36.5 Å². The van der Waals surface area contributed by atoms with Crippen LogP contribution in [0.15, 0.2) is 59.6 Å². The minimum atomic E-state index is -1.46. The summed E-state index contributed by atoms with van der Waals surface area (Å²) in [5.74, 6) is -1.16. The van der Waals surface area contributed by atoms with Crippen LogP contribution >= 0.6 is 23.1 Å². The first-order valence-electron chi connectivity index (χ1n) is 8.96. The molecule has 1 aromatic heterocycles. The Hall–Kier alpha value is -3.11. The third kappa shape index (κ3) is 3.71. The fourth-order valence-corrected chi connectivity index (χ4v) is 5.23. The van der Waals surface area contributed by atoms with Crippen molar-refractivity contribution in [2.75, 3.05) is 19.2 Å². The number of anilines is 1. The van der Waals surface area contributed by atoms with Gasteiger partial charge in [-0.2, -0.15) is 0 Å². The predicted molar refractivity (Wildman–Crippen MR) is 118 cm³/mol. The highest BCUT2D eigenvalue weighted by atomic mass is 32.2. The van der Waals surface area contributed by atoms with E-state index in [4.69, 9.17) is 9.47 Å². The molecular formula is C20H18N4O4S2. The number of methoxy groups -OCH3 is 2. The van der Waals surface area contributed by atoms with Crippen molar-refractivity contribution in [2.45, 2.75) is 11.3 Å². The zero-order chi connectivity index (χ0) is 21.1. The number of carbonyl (C=O) groups is 2. The molecule has 4 rings (SSSR count). The number of amidine groups is 1. The predicted octanol–water partition coefficient (Wildman–Crippen LogP) is 3.47. The monoisotopic (exact) mass is 442 g/mol. The van der Waals surface area contributed by atoms with Gasteiger partial charge >= 0.3 is 11.9 Å². The number of thiazole rings is 1. The van der Waals surface area contributed by atoms with E-state index in [1.165, 1.54) is 25.6 Å². The number of benzene rings is 2. The Balaban J connectivity index is 1.82. The molecule has 1 N–H and O–H groups in total.